The summed E-state index contributed by atoms with van der Waals surface area (Å²) in [6.07, 6.45) is 0. The number of hydrogen-bond acceptors (Lipinski definition) is 3. The first kappa shape index (κ1) is 11.4. The first-order valence-electron chi connectivity index (χ1n) is 4.81. The number of aromatic nitrogens is 4. The molecule has 0 fully saturated rings. The molecule has 0 spiro atoms. The van der Waals surface area contributed by atoms with Crippen LogP contribution < -0.4 is 0 Å². The van der Waals surface area contributed by atoms with Crippen molar-refractivity contribution in [1.29, 1.82) is 0 Å². The molecule has 2 aromatic rings. The van der Waals surface area contributed by atoms with Crippen molar-refractivity contribution in [2.45, 2.75) is 18.8 Å². The molecule has 6 heteroatoms. The largest absolute Gasteiger partial charge is 0.221 e. The predicted octanol–water partition coefficient (Wildman–Crippen LogP) is 2.67. The van der Waals surface area contributed by atoms with Crippen LogP contribution in [0.3, 0.4) is 0 Å². The van der Waals surface area contributed by atoms with E-state index in [-0.39, 0.29) is 11.9 Å². The summed E-state index contributed by atoms with van der Waals surface area (Å²) in [6, 6.07) is 7.59. The van der Waals surface area contributed by atoms with Gasteiger partial charge in [-0.2, -0.15) is 0 Å². The Morgan fingerprint density at radius 1 is 1.38 bits per heavy atom. The molecule has 0 aliphatic carbocycles. The SMILES string of the molecule is CC(c1ccccc1Cl)n1nnnc1CCl. The molecule has 4 nitrogen and oxygen atoms in total. The van der Waals surface area contributed by atoms with Gasteiger partial charge in [0.2, 0.25) is 0 Å². The highest BCUT2D eigenvalue weighted by atomic mass is 35.5. The van der Waals surface area contributed by atoms with Gasteiger partial charge in [0.15, 0.2) is 5.82 Å². The van der Waals surface area contributed by atoms with Crippen molar-refractivity contribution < 1.29 is 0 Å². The van der Waals surface area contributed by atoms with Crippen LogP contribution in [-0.4, -0.2) is 20.2 Å². The van der Waals surface area contributed by atoms with Crippen LogP contribution >= 0.6 is 23.2 Å². The molecule has 0 amide bonds. The minimum atomic E-state index is -0.0301. The number of tetrazole rings is 1. The van der Waals surface area contributed by atoms with Gasteiger partial charge in [-0.1, -0.05) is 29.8 Å². The molecule has 0 saturated heterocycles. The molecular formula is C10H10Cl2N4. The van der Waals surface area contributed by atoms with Gasteiger partial charge in [0.05, 0.1) is 11.9 Å². The molecule has 16 heavy (non-hydrogen) atoms. The molecule has 84 valence electrons. The normalized spacial score (nSPS) is 12.7. The highest BCUT2D eigenvalue weighted by Crippen LogP contribution is 2.25. The quantitative estimate of drug-likeness (QED) is 0.794. The third kappa shape index (κ3) is 2.03. The Labute approximate surface area is 103 Å². The summed E-state index contributed by atoms with van der Waals surface area (Å²) in [7, 11) is 0. The van der Waals surface area contributed by atoms with E-state index in [0.717, 1.165) is 5.56 Å². The zero-order chi connectivity index (χ0) is 11.5. The standard InChI is InChI=1S/C10H10Cl2N4/c1-7(8-4-2-3-5-9(8)12)16-10(6-11)13-14-15-16/h2-5,7H,6H2,1H3. The Balaban J connectivity index is 2.39. The molecule has 0 aliphatic rings. The summed E-state index contributed by atoms with van der Waals surface area (Å²) >= 11 is 11.9. The van der Waals surface area contributed by atoms with Gasteiger partial charge in [-0.3, -0.25) is 0 Å². The maximum atomic E-state index is 6.12. The zero-order valence-corrected chi connectivity index (χ0v) is 10.2. The molecule has 1 unspecified atom stereocenters. The van der Waals surface area contributed by atoms with Crippen LogP contribution in [0.1, 0.15) is 24.4 Å². The van der Waals surface area contributed by atoms with E-state index in [2.05, 4.69) is 15.5 Å². The monoisotopic (exact) mass is 256 g/mol. The van der Waals surface area contributed by atoms with Gasteiger partial charge in [0.25, 0.3) is 0 Å². The average Bonchev–Trinajstić information content (AvgIpc) is 2.77. The van der Waals surface area contributed by atoms with Crippen LogP contribution in [0.15, 0.2) is 24.3 Å². The number of alkyl halides is 1. The zero-order valence-electron chi connectivity index (χ0n) is 8.64. The van der Waals surface area contributed by atoms with Crippen molar-refractivity contribution in [1.82, 2.24) is 20.2 Å². The molecule has 0 radical (unpaired) electrons. The Bertz CT molecular complexity index is 483. The Morgan fingerprint density at radius 3 is 2.81 bits per heavy atom. The smallest absolute Gasteiger partial charge is 0.166 e. The van der Waals surface area contributed by atoms with Crippen LogP contribution in [-0.2, 0) is 5.88 Å². The number of halogens is 2. The molecule has 2 rings (SSSR count). The van der Waals surface area contributed by atoms with Gasteiger partial charge in [-0.25, -0.2) is 4.68 Å². The van der Waals surface area contributed by atoms with Gasteiger partial charge in [-0.05, 0) is 29.0 Å². The summed E-state index contributed by atoms with van der Waals surface area (Å²) in [5.41, 5.74) is 0.975. The molecule has 0 aliphatic heterocycles. The summed E-state index contributed by atoms with van der Waals surface area (Å²) in [6.45, 7) is 1.98. The van der Waals surface area contributed by atoms with Crippen LogP contribution in [0.5, 0.6) is 0 Å². The lowest BCUT2D eigenvalue weighted by Gasteiger charge is -2.14. The van der Waals surface area contributed by atoms with E-state index in [1.165, 1.54) is 0 Å². The second-order valence-corrected chi connectivity index (χ2v) is 4.05. The van der Waals surface area contributed by atoms with E-state index in [1.54, 1.807) is 4.68 Å². The van der Waals surface area contributed by atoms with E-state index in [1.807, 2.05) is 31.2 Å². The van der Waals surface area contributed by atoms with E-state index < -0.39 is 0 Å². The molecule has 1 heterocycles. The highest BCUT2D eigenvalue weighted by Gasteiger charge is 2.15. The fraction of sp³-hybridized carbons (Fsp3) is 0.300. The van der Waals surface area contributed by atoms with E-state index in [9.17, 15) is 0 Å². The first-order chi connectivity index (χ1) is 7.74. The second-order valence-electron chi connectivity index (χ2n) is 3.37. The van der Waals surface area contributed by atoms with Crippen LogP contribution in [0.25, 0.3) is 0 Å². The Morgan fingerprint density at radius 2 is 2.12 bits per heavy atom. The Hall–Kier alpha value is -1.13. The summed E-state index contributed by atoms with van der Waals surface area (Å²) in [5, 5.41) is 12.1. The number of rotatable bonds is 3. The van der Waals surface area contributed by atoms with Gasteiger partial charge in [-0.15, -0.1) is 16.7 Å². The Kier molecular flexibility index (Phi) is 3.41. The highest BCUT2D eigenvalue weighted by molar-refractivity contribution is 6.31. The predicted molar refractivity (Wildman–Crippen MR) is 62.6 cm³/mol. The van der Waals surface area contributed by atoms with Gasteiger partial charge >= 0.3 is 0 Å². The lowest BCUT2D eigenvalue weighted by molar-refractivity contribution is 0.529. The summed E-state index contributed by atoms with van der Waals surface area (Å²) in [4.78, 5) is 0. The fourth-order valence-electron chi connectivity index (χ4n) is 1.55. The van der Waals surface area contributed by atoms with Gasteiger partial charge in [0.1, 0.15) is 0 Å². The first-order valence-corrected chi connectivity index (χ1v) is 5.72. The molecule has 0 N–H and O–H groups in total. The number of hydrogen-bond donors (Lipinski definition) is 0. The van der Waals surface area contributed by atoms with E-state index in [0.29, 0.717) is 10.8 Å². The lowest BCUT2D eigenvalue weighted by Crippen LogP contribution is -2.12. The molecular weight excluding hydrogens is 247 g/mol. The minimum absolute atomic E-state index is 0.0301. The van der Waals surface area contributed by atoms with Crippen molar-refractivity contribution in [2.24, 2.45) is 0 Å². The molecule has 0 saturated carbocycles. The molecule has 0 bridgehead atoms. The van der Waals surface area contributed by atoms with Crippen molar-refractivity contribution in [3.8, 4) is 0 Å². The van der Waals surface area contributed by atoms with Crippen LogP contribution in [0, 0.1) is 0 Å². The van der Waals surface area contributed by atoms with Gasteiger partial charge < -0.3 is 0 Å². The maximum absolute atomic E-state index is 6.12. The second kappa shape index (κ2) is 4.80. The lowest BCUT2D eigenvalue weighted by atomic mass is 10.1. The average molecular weight is 257 g/mol. The van der Waals surface area contributed by atoms with Gasteiger partial charge in [0, 0.05) is 5.02 Å². The summed E-state index contributed by atoms with van der Waals surface area (Å²) in [5.74, 6) is 0.913. The van der Waals surface area contributed by atoms with Crippen LogP contribution in [0.2, 0.25) is 5.02 Å². The minimum Gasteiger partial charge on any atom is -0.221 e. The van der Waals surface area contributed by atoms with Crippen LogP contribution in [0.4, 0.5) is 0 Å². The fourth-order valence-corrected chi connectivity index (χ4v) is 2.02. The van der Waals surface area contributed by atoms with Crippen molar-refractivity contribution in [2.75, 3.05) is 0 Å². The van der Waals surface area contributed by atoms with Crippen molar-refractivity contribution >= 4 is 23.2 Å². The third-order valence-electron chi connectivity index (χ3n) is 2.40. The maximum Gasteiger partial charge on any atom is 0.166 e. The third-order valence-corrected chi connectivity index (χ3v) is 2.99. The molecule has 1 aromatic heterocycles. The summed E-state index contributed by atoms with van der Waals surface area (Å²) < 4.78 is 1.67. The molecule has 1 atom stereocenters. The van der Waals surface area contributed by atoms with Crippen molar-refractivity contribution in [3.05, 3.63) is 40.7 Å². The van der Waals surface area contributed by atoms with E-state index >= 15 is 0 Å². The topological polar surface area (TPSA) is 43.6 Å². The number of benzene rings is 1. The number of nitrogens with zero attached hydrogens (tertiary/aromatic N) is 4. The molecule has 1 aromatic carbocycles. The van der Waals surface area contributed by atoms with Crippen molar-refractivity contribution in [3.63, 3.8) is 0 Å². The van der Waals surface area contributed by atoms with E-state index in [4.69, 9.17) is 23.2 Å².